The molecule has 1 amide bonds. The fourth-order valence-electron chi connectivity index (χ4n) is 3.52. The van der Waals surface area contributed by atoms with Crippen molar-refractivity contribution in [1.29, 1.82) is 0 Å². The highest BCUT2D eigenvalue weighted by Gasteiger charge is 2.44. The Morgan fingerprint density at radius 1 is 1.43 bits per heavy atom. The maximum absolute atomic E-state index is 12.5. The number of rotatable bonds is 4. The number of hydrogen-bond donors (Lipinski definition) is 1. The van der Waals surface area contributed by atoms with Gasteiger partial charge in [0.2, 0.25) is 5.91 Å². The van der Waals surface area contributed by atoms with E-state index in [1.165, 1.54) is 0 Å². The summed E-state index contributed by atoms with van der Waals surface area (Å²) in [6, 6.07) is 0.438. The summed E-state index contributed by atoms with van der Waals surface area (Å²) in [6.07, 6.45) is 5.38. The molecular formula is C15H21N3O2S. The van der Waals surface area contributed by atoms with Crippen LogP contribution in [-0.4, -0.2) is 47.6 Å². The zero-order chi connectivity index (χ0) is 14.2. The van der Waals surface area contributed by atoms with Crippen LogP contribution >= 0.6 is 11.3 Å². The predicted octanol–water partition coefficient (Wildman–Crippen LogP) is 1.26. The molecule has 3 atom stereocenters. The Labute approximate surface area is 128 Å². The van der Waals surface area contributed by atoms with Gasteiger partial charge in [0, 0.05) is 43.2 Å². The number of likely N-dealkylation sites (tertiary alicyclic amines) is 1. The second-order valence-electron chi connectivity index (χ2n) is 6.37. The maximum atomic E-state index is 12.5. The van der Waals surface area contributed by atoms with Gasteiger partial charge in [0.15, 0.2) is 0 Å². The minimum atomic E-state index is 0.0758. The predicted molar refractivity (Wildman–Crippen MR) is 79.9 cm³/mol. The zero-order valence-corrected chi connectivity index (χ0v) is 12.8. The molecule has 3 aliphatic rings. The van der Waals surface area contributed by atoms with E-state index < -0.39 is 0 Å². The molecule has 0 radical (unpaired) electrons. The molecule has 1 aromatic rings. The van der Waals surface area contributed by atoms with Crippen molar-refractivity contribution in [3.63, 3.8) is 0 Å². The Hall–Kier alpha value is -0.980. The van der Waals surface area contributed by atoms with Crippen LogP contribution in [0.15, 0.2) is 11.6 Å². The van der Waals surface area contributed by atoms with Gasteiger partial charge in [0.05, 0.1) is 18.6 Å². The van der Waals surface area contributed by atoms with Crippen LogP contribution in [-0.2, 0) is 16.1 Å². The molecule has 6 heteroatoms. The molecule has 1 aliphatic carbocycles. The summed E-state index contributed by atoms with van der Waals surface area (Å²) in [5.41, 5.74) is 0. The van der Waals surface area contributed by atoms with E-state index in [4.69, 9.17) is 4.74 Å². The molecule has 3 fully saturated rings. The van der Waals surface area contributed by atoms with E-state index >= 15 is 0 Å². The minimum Gasteiger partial charge on any atom is -0.377 e. The van der Waals surface area contributed by atoms with Crippen LogP contribution in [0.4, 0.5) is 0 Å². The molecule has 5 nitrogen and oxygen atoms in total. The Bertz CT molecular complexity index is 503. The van der Waals surface area contributed by atoms with E-state index in [0.29, 0.717) is 12.0 Å². The third-order valence-electron chi connectivity index (χ3n) is 4.77. The molecule has 21 heavy (non-hydrogen) atoms. The molecule has 3 heterocycles. The van der Waals surface area contributed by atoms with Gasteiger partial charge in [0.25, 0.3) is 0 Å². The molecule has 0 unspecified atom stereocenters. The fraction of sp³-hybridized carbons (Fsp3) is 0.733. The Kier molecular flexibility index (Phi) is 3.69. The normalized spacial score (nSPS) is 32.9. The number of carbonyl (C=O) groups excluding carboxylic acids is 1. The van der Waals surface area contributed by atoms with Crippen molar-refractivity contribution >= 4 is 17.2 Å². The minimum absolute atomic E-state index is 0.0758. The Morgan fingerprint density at radius 2 is 2.33 bits per heavy atom. The zero-order valence-electron chi connectivity index (χ0n) is 12.0. The van der Waals surface area contributed by atoms with Gasteiger partial charge in [-0.2, -0.15) is 0 Å². The third-order valence-corrected chi connectivity index (χ3v) is 5.54. The van der Waals surface area contributed by atoms with Crippen molar-refractivity contribution in [2.24, 2.45) is 11.8 Å². The van der Waals surface area contributed by atoms with E-state index in [2.05, 4.69) is 15.2 Å². The Balaban J connectivity index is 1.46. The third kappa shape index (κ3) is 2.98. The Morgan fingerprint density at radius 3 is 3.10 bits per heavy atom. The van der Waals surface area contributed by atoms with E-state index in [-0.39, 0.29) is 17.9 Å². The van der Waals surface area contributed by atoms with E-state index in [9.17, 15) is 4.79 Å². The summed E-state index contributed by atoms with van der Waals surface area (Å²) >= 11 is 1.68. The van der Waals surface area contributed by atoms with Gasteiger partial charge >= 0.3 is 0 Å². The molecule has 2 aliphatic heterocycles. The standard InChI is InChI=1S/C15H21N3O2S/c19-15(17-10-1-2-10)12-7-18(9-14-16-4-6-21-14)8-13-11(12)3-5-20-13/h4,6,10-13H,1-3,5,7-9H2,(H,17,19)/t11-,12-,13+/m1/s1. The highest BCUT2D eigenvalue weighted by molar-refractivity contribution is 7.09. The average molecular weight is 307 g/mol. The van der Waals surface area contributed by atoms with Crippen LogP contribution in [0, 0.1) is 11.8 Å². The summed E-state index contributed by atoms with van der Waals surface area (Å²) in [7, 11) is 0. The van der Waals surface area contributed by atoms with Gasteiger partial charge in [-0.25, -0.2) is 4.98 Å². The van der Waals surface area contributed by atoms with Crippen molar-refractivity contribution in [1.82, 2.24) is 15.2 Å². The molecule has 0 bridgehead atoms. The molecule has 1 N–H and O–H groups in total. The number of nitrogens with zero attached hydrogens (tertiary/aromatic N) is 2. The van der Waals surface area contributed by atoms with Crippen LogP contribution in [0.3, 0.4) is 0 Å². The van der Waals surface area contributed by atoms with Crippen molar-refractivity contribution in [3.05, 3.63) is 16.6 Å². The lowest BCUT2D eigenvalue weighted by Gasteiger charge is -2.39. The molecule has 0 spiro atoms. The summed E-state index contributed by atoms with van der Waals surface area (Å²) in [5.74, 6) is 0.713. The van der Waals surface area contributed by atoms with Gasteiger partial charge in [0.1, 0.15) is 5.01 Å². The number of amides is 1. The number of thiazole rings is 1. The fourth-order valence-corrected chi connectivity index (χ4v) is 4.18. The molecule has 0 aromatic carbocycles. The second kappa shape index (κ2) is 5.66. The van der Waals surface area contributed by atoms with Crippen LogP contribution < -0.4 is 5.32 Å². The number of fused-ring (bicyclic) bond motifs is 1. The van der Waals surface area contributed by atoms with Crippen LogP contribution in [0.2, 0.25) is 0 Å². The maximum Gasteiger partial charge on any atom is 0.225 e. The van der Waals surface area contributed by atoms with Gasteiger partial charge in [-0.1, -0.05) is 0 Å². The van der Waals surface area contributed by atoms with E-state index in [1.54, 1.807) is 11.3 Å². The van der Waals surface area contributed by atoms with Crippen LogP contribution in [0.25, 0.3) is 0 Å². The summed E-state index contributed by atoms with van der Waals surface area (Å²) in [6.45, 7) is 3.39. The van der Waals surface area contributed by atoms with Crippen molar-refractivity contribution in [2.75, 3.05) is 19.7 Å². The lowest BCUT2D eigenvalue weighted by molar-refractivity contribution is -0.131. The van der Waals surface area contributed by atoms with Crippen molar-refractivity contribution < 1.29 is 9.53 Å². The summed E-state index contributed by atoms with van der Waals surface area (Å²) in [4.78, 5) is 19.2. The first-order valence-electron chi connectivity index (χ1n) is 7.82. The molecule has 2 saturated heterocycles. The van der Waals surface area contributed by atoms with Gasteiger partial charge in [-0.15, -0.1) is 11.3 Å². The SMILES string of the molecule is O=C(NC1CC1)[C@@H]1CN(Cc2nccs2)C[C@@H]2OCC[C@@H]21. The lowest BCUT2D eigenvalue weighted by atomic mass is 9.82. The number of ether oxygens (including phenoxy) is 1. The van der Waals surface area contributed by atoms with Gasteiger partial charge in [-0.05, 0) is 19.3 Å². The number of piperidine rings is 1. The first kappa shape index (κ1) is 13.7. The van der Waals surface area contributed by atoms with Crippen LogP contribution in [0.5, 0.6) is 0 Å². The number of hydrogen-bond acceptors (Lipinski definition) is 5. The first-order chi connectivity index (χ1) is 10.3. The van der Waals surface area contributed by atoms with Crippen LogP contribution in [0.1, 0.15) is 24.3 Å². The smallest absolute Gasteiger partial charge is 0.225 e. The second-order valence-corrected chi connectivity index (χ2v) is 7.35. The molecule has 1 saturated carbocycles. The number of aromatic nitrogens is 1. The largest absolute Gasteiger partial charge is 0.377 e. The van der Waals surface area contributed by atoms with E-state index in [0.717, 1.165) is 50.5 Å². The molecule has 4 rings (SSSR count). The number of nitrogens with one attached hydrogen (secondary N) is 1. The van der Waals surface area contributed by atoms with E-state index in [1.807, 2.05) is 11.6 Å². The lowest BCUT2D eigenvalue weighted by Crippen LogP contribution is -2.52. The van der Waals surface area contributed by atoms with Crippen molar-refractivity contribution in [3.8, 4) is 0 Å². The average Bonchev–Trinajstić information content (AvgIpc) is 2.96. The topological polar surface area (TPSA) is 54.5 Å². The van der Waals surface area contributed by atoms with Gasteiger partial charge < -0.3 is 10.1 Å². The molecule has 114 valence electrons. The van der Waals surface area contributed by atoms with Gasteiger partial charge in [-0.3, -0.25) is 9.69 Å². The quantitative estimate of drug-likeness (QED) is 0.910. The molecular weight excluding hydrogens is 286 g/mol. The summed E-state index contributed by atoms with van der Waals surface area (Å²) in [5, 5.41) is 6.31. The highest BCUT2D eigenvalue weighted by atomic mass is 32.1. The first-order valence-corrected chi connectivity index (χ1v) is 8.70. The number of carbonyl (C=O) groups is 1. The highest BCUT2D eigenvalue weighted by Crippen LogP contribution is 2.35. The van der Waals surface area contributed by atoms with Crippen molar-refractivity contribution in [2.45, 2.75) is 38.0 Å². The monoisotopic (exact) mass is 307 g/mol. The molecule has 1 aromatic heterocycles. The summed E-state index contributed by atoms with van der Waals surface area (Å²) < 4.78 is 5.87.